The van der Waals surface area contributed by atoms with Crippen molar-refractivity contribution in [2.24, 2.45) is 0 Å². The number of carbonyl (C=O) groups excluding carboxylic acids is 1. The minimum Gasteiger partial charge on any atom is -0.497 e. The number of aromatic nitrogens is 4. The first-order valence-corrected chi connectivity index (χ1v) is 12.3. The van der Waals surface area contributed by atoms with Crippen LogP contribution in [0.2, 0.25) is 5.02 Å². The number of ether oxygens (including phenoxy) is 1. The minimum absolute atomic E-state index is 0.00600. The highest BCUT2D eigenvalue weighted by molar-refractivity contribution is 7.94. The van der Waals surface area contributed by atoms with Crippen LogP contribution in [-0.2, 0) is 10.0 Å². The van der Waals surface area contributed by atoms with E-state index in [0.29, 0.717) is 22.1 Å². The summed E-state index contributed by atoms with van der Waals surface area (Å²) < 4.78 is 32.4. The summed E-state index contributed by atoms with van der Waals surface area (Å²) in [4.78, 5) is 12.3. The molecule has 0 bridgehead atoms. The van der Waals surface area contributed by atoms with Crippen LogP contribution in [0.1, 0.15) is 10.4 Å². The number of anilines is 2. The summed E-state index contributed by atoms with van der Waals surface area (Å²) in [5.74, 6) is 0.157. The number of methoxy groups -OCH3 is 1. The van der Waals surface area contributed by atoms with Gasteiger partial charge in [-0.1, -0.05) is 46.4 Å². The fourth-order valence-electron chi connectivity index (χ4n) is 2.45. The summed E-state index contributed by atoms with van der Waals surface area (Å²) in [6, 6.07) is 13.6. The maximum absolute atomic E-state index is 12.6. The van der Waals surface area contributed by atoms with E-state index in [1.165, 1.54) is 6.07 Å². The second-order valence-corrected chi connectivity index (χ2v) is 10.3. The average Bonchev–Trinajstić information content (AvgIpc) is 3.44. The van der Waals surface area contributed by atoms with Gasteiger partial charge in [0.2, 0.25) is 10.3 Å². The Balaban J connectivity index is 1.46. The van der Waals surface area contributed by atoms with Crippen molar-refractivity contribution in [3.05, 3.63) is 59.1 Å². The van der Waals surface area contributed by atoms with Crippen molar-refractivity contribution >= 4 is 60.5 Å². The molecule has 2 aromatic carbocycles. The summed E-state index contributed by atoms with van der Waals surface area (Å²) in [7, 11) is -2.51. The summed E-state index contributed by atoms with van der Waals surface area (Å²) in [5, 5.41) is 18.6. The molecular weight excluding hydrogens is 496 g/mol. The molecule has 4 rings (SSSR count). The maximum atomic E-state index is 12.6. The molecule has 10 nitrogen and oxygen atoms in total. The van der Waals surface area contributed by atoms with Gasteiger partial charge in [0.25, 0.3) is 20.3 Å². The molecule has 0 fully saturated rings. The Hall–Kier alpha value is -3.13. The van der Waals surface area contributed by atoms with Crippen molar-refractivity contribution in [1.29, 1.82) is 0 Å². The standard InChI is InChI=1S/C18H13ClN6O4S3/c1-29-11-8-6-10(7-9-11)15-21-23-17(30-15)25-32(27,28)18-24-22-16(31-18)20-14(26)12-4-2-3-5-13(12)19/h2-9H,1H3,(H,23,25)(H,20,22,26). The van der Waals surface area contributed by atoms with Crippen molar-refractivity contribution in [2.45, 2.75) is 4.34 Å². The Morgan fingerprint density at radius 3 is 2.41 bits per heavy atom. The van der Waals surface area contributed by atoms with Gasteiger partial charge >= 0.3 is 0 Å². The Morgan fingerprint density at radius 2 is 1.69 bits per heavy atom. The van der Waals surface area contributed by atoms with Crippen LogP contribution >= 0.6 is 34.3 Å². The van der Waals surface area contributed by atoms with E-state index in [2.05, 4.69) is 30.4 Å². The highest BCUT2D eigenvalue weighted by Gasteiger charge is 2.23. The van der Waals surface area contributed by atoms with Gasteiger partial charge in [0, 0.05) is 5.56 Å². The van der Waals surface area contributed by atoms with Gasteiger partial charge < -0.3 is 4.74 Å². The number of carbonyl (C=O) groups is 1. The van der Waals surface area contributed by atoms with E-state index in [1.54, 1.807) is 49.6 Å². The number of nitrogens with one attached hydrogen (secondary N) is 2. The molecule has 2 N–H and O–H groups in total. The van der Waals surface area contributed by atoms with Crippen LogP contribution in [0.4, 0.5) is 10.3 Å². The number of rotatable bonds is 7. The first-order valence-electron chi connectivity index (χ1n) is 8.76. The Bertz CT molecular complexity index is 1370. The lowest BCUT2D eigenvalue weighted by Gasteiger charge is -2.02. The average molecular weight is 509 g/mol. The predicted molar refractivity (Wildman–Crippen MR) is 122 cm³/mol. The predicted octanol–water partition coefficient (Wildman–Crippen LogP) is 3.77. The Morgan fingerprint density at radius 1 is 0.969 bits per heavy atom. The summed E-state index contributed by atoms with van der Waals surface area (Å²) in [6.07, 6.45) is 0. The highest BCUT2D eigenvalue weighted by atomic mass is 35.5. The molecule has 2 heterocycles. The third-order valence-corrected chi connectivity index (χ3v) is 7.85. The smallest absolute Gasteiger partial charge is 0.293 e. The first kappa shape index (κ1) is 22.1. The van der Waals surface area contributed by atoms with Gasteiger partial charge in [-0.05, 0) is 36.4 Å². The van der Waals surface area contributed by atoms with Gasteiger partial charge in [0.05, 0.1) is 17.7 Å². The van der Waals surface area contributed by atoms with Gasteiger partial charge in [0.15, 0.2) is 0 Å². The van der Waals surface area contributed by atoms with Crippen molar-refractivity contribution in [3.8, 4) is 16.3 Å². The van der Waals surface area contributed by atoms with Gasteiger partial charge in [-0.25, -0.2) is 0 Å². The third-order valence-electron chi connectivity index (χ3n) is 3.96. The molecule has 32 heavy (non-hydrogen) atoms. The normalized spacial score (nSPS) is 11.2. The van der Waals surface area contributed by atoms with Gasteiger partial charge in [-0.3, -0.25) is 14.8 Å². The van der Waals surface area contributed by atoms with Crippen LogP contribution < -0.4 is 14.8 Å². The van der Waals surface area contributed by atoms with E-state index in [0.717, 1.165) is 16.9 Å². The third kappa shape index (κ3) is 4.85. The molecule has 0 aliphatic carbocycles. The summed E-state index contributed by atoms with van der Waals surface area (Å²) in [5.41, 5.74) is 0.987. The molecule has 0 saturated carbocycles. The molecular formula is C18H13ClN6O4S3. The lowest BCUT2D eigenvalue weighted by Crippen LogP contribution is -2.12. The molecule has 0 aliphatic rings. The number of halogens is 1. The number of hydrogen-bond acceptors (Lipinski definition) is 10. The van der Waals surface area contributed by atoms with E-state index >= 15 is 0 Å². The topological polar surface area (TPSA) is 136 Å². The number of amides is 1. The van der Waals surface area contributed by atoms with Gasteiger partial charge in [0.1, 0.15) is 10.8 Å². The SMILES string of the molecule is COc1ccc(-c2nnc(NS(=O)(=O)c3nnc(NC(=O)c4ccccc4Cl)s3)s2)cc1. The molecule has 4 aromatic rings. The lowest BCUT2D eigenvalue weighted by atomic mass is 10.2. The van der Waals surface area contributed by atoms with Gasteiger partial charge in [-0.2, -0.15) is 8.42 Å². The van der Waals surface area contributed by atoms with Crippen molar-refractivity contribution in [3.63, 3.8) is 0 Å². The maximum Gasteiger partial charge on any atom is 0.293 e. The zero-order chi connectivity index (χ0) is 22.7. The second-order valence-electron chi connectivity index (χ2n) is 6.05. The van der Waals surface area contributed by atoms with Crippen LogP contribution in [0.15, 0.2) is 52.9 Å². The number of hydrogen-bond donors (Lipinski definition) is 2. The lowest BCUT2D eigenvalue weighted by molar-refractivity contribution is 0.102. The van der Waals surface area contributed by atoms with E-state index in [9.17, 15) is 13.2 Å². The molecule has 1 amide bonds. The van der Waals surface area contributed by atoms with Crippen LogP contribution in [0.25, 0.3) is 10.6 Å². The Labute approximate surface area is 195 Å². The Kier molecular flexibility index (Phi) is 6.32. The fraction of sp³-hybridized carbons (Fsp3) is 0.0556. The fourth-order valence-corrected chi connectivity index (χ4v) is 5.55. The molecule has 0 radical (unpaired) electrons. The zero-order valence-corrected chi connectivity index (χ0v) is 19.3. The van der Waals surface area contributed by atoms with Crippen LogP contribution in [0.5, 0.6) is 5.75 Å². The van der Waals surface area contributed by atoms with Crippen LogP contribution in [0.3, 0.4) is 0 Å². The van der Waals surface area contributed by atoms with E-state index in [-0.39, 0.29) is 25.2 Å². The van der Waals surface area contributed by atoms with Crippen LogP contribution in [-0.4, -0.2) is 41.8 Å². The number of sulfonamides is 1. The molecule has 0 spiro atoms. The molecule has 0 unspecified atom stereocenters. The molecule has 0 atom stereocenters. The summed E-state index contributed by atoms with van der Waals surface area (Å²) in [6.45, 7) is 0. The van der Waals surface area contributed by atoms with Crippen LogP contribution in [0, 0.1) is 0 Å². The molecule has 14 heteroatoms. The largest absolute Gasteiger partial charge is 0.497 e. The molecule has 164 valence electrons. The monoisotopic (exact) mass is 508 g/mol. The minimum atomic E-state index is -4.08. The van der Waals surface area contributed by atoms with Gasteiger partial charge in [-0.15, -0.1) is 20.4 Å². The van der Waals surface area contributed by atoms with Crippen molar-refractivity contribution in [1.82, 2.24) is 20.4 Å². The first-order chi connectivity index (χ1) is 15.4. The molecule has 0 saturated heterocycles. The number of benzene rings is 2. The van der Waals surface area contributed by atoms with Crippen molar-refractivity contribution < 1.29 is 17.9 Å². The summed E-state index contributed by atoms with van der Waals surface area (Å²) >= 11 is 7.74. The van der Waals surface area contributed by atoms with E-state index in [4.69, 9.17) is 16.3 Å². The molecule has 2 aromatic heterocycles. The quantitative estimate of drug-likeness (QED) is 0.360. The highest BCUT2D eigenvalue weighted by Crippen LogP contribution is 2.30. The zero-order valence-electron chi connectivity index (χ0n) is 16.1. The van der Waals surface area contributed by atoms with E-state index < -0.39 is 15.9 Å². The molecule has 0 aliphatic heterocycles. The number of nitrogens with zero attached hydrogens (tertiary/aromatic N) is 4. The van der Waals surface area contributed by atoms with Crippen molar-refractivity contribution in [2.75, 3.05) is 17.1 Å². The van der Waals surface area contributed by atoms with E-state index in [1.807, 2.05) is 0 Å². The second kappa shape index (κ2) is 9.16.